The molecule has 0 spiro atoms. The smallest absolute Gasteiger partial charge is 0.463 e. The normalized spacial score (nSPS) is 12.0. The average molecular weight is 659 g/mol. The first-order chi connectivity index (χ1) is 21.4. The zero-order valence-electron chi connectivity index (χ0n) is 28.8. The van der Waals surface area contributed by atoms with E-state index in [0.717, 1.165) is 76.2 Å². The van der Waals surface area contributed by atoms with Gasteiger partial charge in [-0.25, -0.2) is 9.59 Å². The number of carbonyl (C=O) groups excluding carboxylic acids is 2. The summed E-state index contributed by atoms with van der Waals surface area (Å²) in [5, 5.41) is 1.32. The topological polar surface area (TPSA) is 89.5 Å². The molecule has 0 rings (SSSR count). The second kappa shape index (κ2) is 31.7. The van der Waals surface area contributed by atoms with Gasteiger partial charge in [0.2, 0.25) is 0 Å². The molecule has 0 heterocycles. The molecule has 10 heteroatoms. The minimum atomic E-state index is -2.49. The van der Waals surface area contributed by atoms with Crippen LogP contribution in [0, 0.1) is 0 Å². The quantitative estimate of drug-likeness (QED) is 0.0304. The van der Waals surface area contributed by atoms with Crippen molar-refractivity contribution in [3.05, 3.63) is 23.9 Å². The van der Waals surface area contributed by atoms with E-state index in [1.54, 1.807) is 0 Å². The number of ether oxygens (including phenoxy) is 2. The molecule has 0 N–H and O–H groups in total. The predicted molar refractivity (Wildman–Crippen MR) is 184 cm³/mol. The Morgan fingerprint density at radius 2 is 0.955 bits per heavy atom. The van der Waals surface area contributed by atoms with Crippen molar-refractivity contribution in [2.45, 2.75) is 143 Å². The second-order valence-corrected chi connectivity index (χ2v) is 15.6. The van der Waals surface area contributed by atoms with Gasteiger partial charge in [-0.15, -0.1) is 6.58 Å². The summed E-state index contributed by atoms with van der Waals surface area (Å²) in [5.74, 6) is -0.979. The van der Waals surface area contributed by atoms with Crippen LogP contribution in [0.15, 0.2) is 23.9 Å². The van der Waals surface area contributed by atoms with Crippen LogP contribution in [0.4, 0.5) is 0 Å². The van der Waals surface area contributed by atoms with Crippen LogP contribution in [-0.2, 0) is 36.8 Å². The Morgan fingerprint density at radius 1 is 0.568 bits per heavy atom. The molecule has 0 atom stereocenters. The Hall–Kier alpha value is -1.31. The number of esters is 2. The molecule has 0 aliphatic carbocycles. The van der Waals surface area contributed by atoms with Gasteiger partial charge in [0.1, 0.15) is 0 Å². The lowest BCUT2D eigenvalue weighted by Crippen LogP contribution is -2.45. The van der Waals surface area contributed by atoms with Crippen molar-refractivity contribution in [2.75, 3.05) is 39.6 Å². The Morgan fingerprint density at radius 3 is 1.36 bits per heavy atom. The highest BCUT2D eigenvalue weighted by Crippen LogP contribution is 2.21. The fourth-order valence-electron chi connectivity index (χ4n) is 4.94. The van der Waals surface area contributed by atoms with Gasteiger partial charge in [-0.3, -0.25) is 0 Å². The van der Waals surface area contributed by atoms with Crippen LogP contribution in [0.5, 0.6) is 0 Å². The number of carbonyl (C=O) groups is 2. The van der Waals surface area contributed by atoms with Crippen LogP contribution in [0.2, 0.25) is 6.04 Å². The average Bonchev–Trinajstić information content (AvgIpc) is 3.00. The third-order valence-electron chi connectivity index (χ3n) is 7.25. The number of allylic oxidation sites excluding steroid dienone is 1. The SMILES string of the molecule is C=C(CCCCCCCCCOC(=O)/C=C/C(=O)OCCCCCCCCCCC[Si](OCC)(OCC)OCC)[SiH2]OCC. The van der Waals surface area contributed by atoms with Gasteiger partial charge >= 0.3 is 20.7 Å². The molecule has 0 unspecified atom stereocenters. The molecule has 8 nitrogen and oxygen atoms in total. The molecule has 0 bridgehead atoms. The van der Waals surface area contributed by atoms with Gasteiger partial charge in [0.05, 0.1) is 13.2 Å². The molecule has 0 fully saturated rings. The molecule has 0 amide bonds. The van der Waals surface area contributed by atoms with E-state index in [1.807, 2.05) is 27.7 Å². The van der Waals surface area contributed by atoms with Crippen molar-refractivity contribution < 1.29 is 36.8 Å². The van der Waals surface area contributed by atoms with Gasteiger partial charge in [0.15, 0.2) is 9.76 Å². The highest BCUT2D eigenvalue weighted by atomic mass is 28.4. The minimum absolute atomic E-state index is 0.382. The van der Waals surface area contributed by atoms with Gasteiger partial charge in [-0.05, 0) is 59.8 Å². The summed E-state index contributed by atoms with van der Waals surface area (Å²) in [5.41, 5.74) is 0. The molecule has 0 saturated heterocycles. The van der Waals surface area contributed by atoms with E-state index in [4.69, 9.17) is 27.2 Å². The van der Waals surface area contributed by atoms with Crippen molar-refractivity contribution in [2.24, 2.45) is 0 Å². The molecule has 0 saturated carbocycles. The van der Waals surface area contributed by atoms with Crippen molar-refractivity contribution >= 4 is 30.5 Å². The Bertz CT molecular complexity index is 715. The molecule has 0 aromatic heterocycles. The van der Waals surface area contributed by atoms with Crippen LogP contribution < -0.4 is 0 Å². The fraction of sp³-hybridized carbons (Fsp3) is 0.824. The highest BCUT2D eigenvalue weighted by molar-refractivity contribution is 6.60. The highest BCUT2D eigenvalue weighted by Gasteiger charge is 2.39. The van der Waals surface area contributed by atoms with Crippen LogP contribution in [0.1, 0.15) is 137 Å². The van der Waals surface area contributed by atoms with Gasteiger partial charge in [-0.1, -0.05) is 82.2 Å². The van der Waals surface area contributed by atoms with E-state index in [9.17, 15) is 9.59 Å². The number of hydrogen-bond acceptors (Lipinski definition) is 8. The van der Waals surface area contributed by atoms with E-state index in [1.165, 1.54) is 63.0 Å². The van der Waals surface area contributed by atoms with Crippen molar-refractivity contribution in [1.82, 2.24) is 0 Å². The lowest BCUT2D eigenvalue weighted by Gasteiger charge is -2.28. The molecule has 0 aromatic carbocycles. The van der Waals surface area contributed by atoms with E-state index >= 15 is 0 Å². The largest absolute Gasteiger partial charge is 0.500 e. The molecule has 0 radical (unpaired) electrons. The molecule has 44 heavy (non-hydrogen) atoms. The summed E-state index contributed by atoms with van der Waals surface area (Å²) in [6.45, 7) is 15.6. The van der Waals surface area contributed by atoms with Gasteiger partial charge in [-0.2, -0.15) is 0 Å². The molecule has 0 aromatic rings. The Labute approximate surface area is 273 Å². The van der Waals surface area contributed by atoms with Crippen LogP contribution in [-0.4, -0.2) is 70.1 Å². The molecular weight excluding hydrogens is 593 g/mol. The standard InChI is InChI=1S/C34H66O8Si2/c1-6-39-43-32(5)26-22-18-14-13-16-20-24-30-38-34(36)28-27-33(35)37-29-23-19-15-11-10-12-17-21-25-31-44(40-7-2,41-8-3)42-9-4/h27-28H,5-26,29-31,43H2,1-4H3/b28-27+. The molecule has 0 aliphatic rings. The lowest BCUT2D eigenvalue weighted by molar-refractivity contribution is -0.140. The van der Waals surface area contributed by atoms with Gasteiger partial charge < -0.3 is 27.2 Å². The maximum atomic E-state index is 11.8. The van der Waals surface area contributed by atoms with E-state index in [2.05, 4.69) is 6.58 Å². The van der Waals surface area contributed by atoms with Crippen molar-refractivity contribution in [1.29, 1.82) is 0 Å². The first-order valence-electron chi connectivity index (χ1n) is 17.6. The zero-order valence-corrected chi connectivity index (χ0v) is 31.2. The van der Waals surface area contributed by atoms with E-state index in [0.29, 0.717) is 33.0 Å². The maximum Gasteiger partial charge on any atom is 0.500 e. The zero-order chi connectivity index (χ0) is 32.6. The maximum absolute atomic E-state index is 11.8. The third kappa shape index (κ3) is 27.0. The summed E-state index contributed by atoms with van der Waals surface area (Å²) in [6.07, 6.45) is 21.5. The molecule has 0 aliphatic heterocycles. The molecular formula is C34H66O8Si2. The minimum Gasteiger partial charge on any atom is -0.463 e. The van der Waals surface area contributed by atoms with Crippen LogP contribution in [0.3, 0.4) is 0 Å². The summed E-state index contributed by atoms with van der Waals surface area (Å²) in [7, 11) is -3.02. The van der Waals surface area contributed by atoms with E-state index in [-0.39, 0.29) is 0 Å². The molecule has 258 valence electrons. The summed E-state index contributed by atoms with van der Waals surface area (Å²) in [4.78, 5) is 23.7. The van der Waals surface area contributed by atoms with E-state index < -0.39 is 30.5 Å². The third-order valence-corrected chi connectivity index (χ3v) is 11.8. The Kier molecular flexibility index (Phi) is 30.7. The number of hydrogen-bond donors (Lipinski definition) is 0. The van der Waals surface area contributed by atoms with Crippen molar-refractivity contribution in [3.8, 4) is 0 Å². The van der Waals surface area contributed by atoms with Gasteiger partial charge in [0, 0.05) is 44.6 Å². The summed E-state index contributed by atoms with van der Waals surface area (Å²) in [6, 6.07) is 0.896. The number of unbranched alkanes of at least 4 members (excludes halogenated alkanes) is 14. The summed E-state index contributed by atoms with van der Waals surface area (Å²) >= 11 is 0. The lowest BCUT2D eigenvalue weighted by atomic mass is 10.1. The first kappa shape index (κ1) is 42.7. The van der Waals surface area contributed by atoms with Crippen molar-refractivity contribution in [3.63, 3.8) is 0 Å². The first-order valence-corrected chi connectivity index (χ1v) is 20.8. The van der Waals surface area contributed by atoms with Gasteiger partial charge in [0.25, 0.3) is 0 Å². The van der Waals surface area contributed by atoms with Crippen LogP contribution >= 0.6 is 0 Å². The van der Waals surface area contributed by atoms with Crippen LogP contribution in [0.25, 0.3) is 0 Å². The second-order valence-electron chi connectivity index (χ2n) is 11.2. The monoisotopic (exact) mass is 658 g/mol. The fourth-order valence-corrected chi connectivity index (χ4v) is 8.51. The predicted octanol–water partition coefficient (Wildman–Crippen LogP) is 7.94. The summed E-state index contributed by atoms with van der Waals surface area (Å²) < 4.78 is 33.7. The number of rotatable bonds is 33. The Balaban J connectivity index is 3.60.